The van der Waals surface area contributed by atoms with Gasteiger partial charge < -0.3 is 11.1 Å². The quantitative estimate of drug-likeness (QED) is 0.658. The molecular weight excluding hydrogens is 341 g/mol. The van der Waals surface area contributed by atoms with E-state index >= 15 is 0 Å². The van der Waals surface area contributed by atoms with Crippen LogP contribution in [0, 0.1) is 5.82 Å². The monoisotopic (exact) mass is 359 g/mol. The van der Waals surface area contributed by atoms with Gasteiger partial charge >= 0.3 is 0 Å². The van der Waals surface area contributed by atoms with Crippen molar-refractivity contribution in [3.63, 3.8) is 0 Å². The van der Waals surface area contributed by atoms with Gasteiger partial charge in [0.1, 0.15) is 5.82 Å². The highest BCUT2D eigenvalue weighted by Crippen LogP contribution is 2.30. The molecule has 0 saturated carbocycles. The Morgan fingerprint density at radius 2 is 1.72 bits per heavy atom. The lowest BCUT2D eigenvalue weighted by Crippen LogP contribution is -2.10. The van der Waals surface area contributed by atoms with Crippen LogP contribution in [0.15, 0.2) is 55.0 Å². The maximum Gasteiger partial charge on any atom is 0.223 e. The first-order chi connectivity index (χ1) is 11.8. The molecule has 0 aliphatic heterocycles. The Bertz CT molecular complexity index is 796. The molecular formula is C18H19ClFN5. The molecule has 0 atom stereocenters. The maximum atomic E-state index is 13.2. The Morgan fingerprint density at radius 1 is 1.00 bits per heavy atom. The average molecular weight is 360 g/mol. The Kier molecular flexibility index (Phi) is 6.80. The third-order valence-corrected chi connectivity index (χ3v) is 3.56. The van der Waals surface area contributed by atoms with E-state index in [1.165, 1.54) is 12.1 Å². The Balaban J connectivity index is 0.00000225. The summed E-state index contributed by atoms with van der Waals surface area (Å²) < 4.78 is 13.2. The molecule has 3 aromatic rings. The van der Waals surface area contributed by atoms with Crippen molar-refractivity contribution in [2.75, 3.05) is 18.4 Å². The van der Waals surface area contributed by atoms with Crippen LogP contribution in [-0.2, 0) is 0 Å². The minimum absolute atomic E-state index is 0. The number of anilines is 1. The summed E-state index contributed by atoms with van der Waals surface area (Å²) in [4.78, 5) is 13.0. The number of nitrogens with one attached hydrogen (secondary N) is 1. The fourth-order valence-electron chi connectivity index (χ4n) is 2.34. The number of benzene rings is 1. The van der Waals surface area contributed by atoms with Gasteiger partial charge in [0.25, 0.3) is 0 Å². The van der Waals surface area contributed by atoms with Gasteiger partial charge in [-0.05, 0) is 42.8 Å². The summed E-state index contributed by atoms with van der Waals surface area (Å²) in [7, 11) is 0. The van der Waals surface area contributed by atoms with Crippen LogP contribution in [-0.4, -0.2) is 28.0 Å². The minimum Gasteiger partial charge on any atom is -0.354 e. The van der Waals surface area contributed by atoms with Crippen LogP contribution in [0.3, 0.4) is 0 Å². The third kappa shape index (κ3) is 4.71. The van der Waals surface area contributed by atoms with Crippen molar-refractivity contribution in [2.45, 2.75) is 6.42 Å². The standard InChI is InChI=1S/C18H18FN5.ClH/c19-15-4-2-13(3-5-15)16-12-23-18(22-9-1-8-20)24-17(16)14-6-10-21-11-7-14;/h2-7,10-12H,1,8-9,20H2,(H,22,23,24);1H. The molecule has 0 radical (unpaired) electrons. The first kappa shape index (κ1) is 18.8. The maximum absolute atomic E-state index is 13.2. The molecule has 0 bridgehead atoms. The normalized spacial score (nSPS) is 10.2. The Labute approximate surface area is 152 Å². The molecule has 7 heteroatoms. The molecule has 130 valence electrons. The summed E-state index contributed by atoms with van der Waals surface area (Å²) in [5, 5.41) is 3.17. The number of aromatic nitrogens is 3. The fraction of sp³-hybridized carbons (Fsp3) is 0.167. The van der Waals surface area contributed by atoms with Gasteiger partial charge in [0.05, 0.1) is 5.69 Å². The molecule has 2 aromatic heterocycles. The number of nitrogens with zero attached hydrogens (tertiary/aromatic N) is 3. The summed E-state index contributed by atoms with van der Waals surface area (Å²) in [5.41, 5.74) is 8.90. The predicted molar refractivity (Wildman–Crippen MR) is 100 cm³/mol. The summed E-state index contributed by atoms with van der Waals surface area (Å²) in [6, 6.07) is 10.1. The van der Waals surface area contributed by atoms with Crippen LogP contribution in [0.1, 0.15) is 6.42 Å². The molecule has 1 aromatic carbocycles. The van der Waals surface area contributed by atoms with Crippen LogP contribution in [0.2, 0.25) is 0 Å². The van der Waals surface area contributed by atoms with Crippen LogP contribution in [0.5, 0.6) is 0 Å². The highest BCUT2D eigenvalue weighted by atomic mass is 35.5. The number of pyridine rings is 1. The summed E-state index contributed by atoms with van der Waals surface area (Å²) in [6.07, 6.45) is 6.02. The first-order valence-electron chi connectivity index (χ1n) is 7.75. The smallest absolute Gasteiger partial charge is 0.223 e. The second-order valence-electron chi connectivity index (χ2n) is 5.27. The van der Waals surface area contributed by atoms with Crippen LogP contribution >= 0.6 is 12.4 Å². The van der Waals surface area contributed by atoms with Crippen molar-refractivity contribution >= 4 is 18.4 Å². The van der Waals surface area contributed by atoms with Crippen molar-refractivity contribution in [2.24, 2.45) is 5.73 Å². The number of hydrogen-bond acceptors (Lipinski definition) is 5. The average Bonchev–Trinajstić information content (AvgIpc) is 2.63. The highest BCUT2D eigenvalue weighted by Gasteiger charge is 2.11. The van der Waals surface area contributed by atoms with E-state index in [1.54, 1.807) is 30.7 Å². The van der Waals surface area contributed by atoms with Gasteiger partial charge in [-0.2, -0.15) is 0 Å². The number of halogens is 2. The molecule has 0 saturated heterocycles. The molecule has 3 N–H and O–H groups in total. The van der Waals surface area contributed by atoms with Gasteiger partial charge in [-0.3, -0.25) is 4.98 Å². The second kappa shape index (κ2) is 9.05. The van der Waals surface area contributed by atoms with E-state index in [0.29, 0.717) is 19.0 Å². The SMILES string of the molecule is Cl.NCCCNc1ncc(-c2ccc(F)cc2)c(-c2ccncc2)n1. The van der Waals surface area contributed by atoms with Gasteiger partial charge in [-0.15, -0.1) is 12.4 Å². The molecule has 0 unspecified atom stereocenters. The van der Waals surface area contributed by atoms with Crippen LogP contribution in [0.4, 0.5) is 10.3 Å². The van der Waals surface area contributed by atoms with E-state index in [-0.39, 0.29) is 18.2 Å². The van der Waals surface area contributed by atoms with Crippen LogP contribution in [0.25, 0.3) is 22.4 Å². The summed E-state index contributed by atoms with van der Waals surface area (Å²) >= 11 is 0. The van der Waals surface area contributed by atoms with E-state index in [2.05, 4.69) is 20.3 Å². The molecule has 3 rings (SSSR count). The zero-order chi connectivity index (χ0) is 16.8. The minimum atomic E-state index is -0.273. The molecule has 0 spiro atoms. The molecule has 0 aliphatic carbocycles. The van der Waals surface area contributed by atoms with Crippen molar-refractivity contribution in [3.05, 3.63) is 60.8 Å². The van der Waals surface area contributed by atoms with Crippen molar-refractivity contribution in [1.29, 1.82) is 0 Å². The van der Waals surface area contributed by atoms with Gasteiger partial charge in [-0.25, -0.2) is 14.4 Å². The lowest BCUT2D eigenvalue weighted by atomic mass is 10.0. The Morgan fingerprint density at radius 3 is 2.40 bits per heavy atom. The first-order valence-corrected chi connectivity index (χ1v) is 7.75. The van der Waals surface area contributed by atoms with Crippen LogP contribution < -0.4 is 11.1 Å². The highest BCUT2D eigenvalue weighted by molar-refractivity contribution is 5.85. The lowest BCUT2D eigenvalue weighted by Gasteiger charge is -2.11. The predicted octanol–water partition coefficient (Wildman–Crippen LogP) is 3.53. The molecule has 25 heavy (non-hydrogen) atoms. The van der Waals surface area contributed by atoms with E-state index in [0.717, 1.165) is 28.8 Å². The van der Waals surface area contributed by atoms with Crippen molar-refractivity contribution < 1.29 is 4.39 Å². The fourth-order valence-corrected chi connectivity index (χ4v) is 2.34. The topological polar surface area (TPSA) is 76.7 Å². The van der Waals surface area contributed by atoms with Gasteiger partial charge in [0, 0.05) is 36.3 Å². The number of hydrogen-bond donors (Lipinski definition) is 2. The number of rotatable bonds is 6. The third-order valence-electron chi connectivity index (χ3n) is 3.56. The zero-order valence-corrected chi connectivity index (χ0v) is 14.3. The molecule has 0 aliphatic rings. The van der Waals surface area contributed by atoms with Crippen molar-refractivity contribution in [3.8, 4) is 22.4 Å². The van der Waals surface area contributed by atoms with Gasteiger partial charge in [0.2, 0.25) is 5.95 Å². The number of nitrogens with two attached hydrogens (primary N) is 1. The lowest BCUT2D eigenvalue weighted by molar-refractivity contribution is 0.628. The van der Waals surface area contributed by atoms with E-state index in [4.69, 9.17) is 5.73 Å². The molecule has 2 heterocycles. The Hall–Kier alpha value is -2.57. The summed E-state index contributed by atoms with van der Waals surface area (Å²) in [6.45, 7) is 1.32. The van der Waals surface area contributed by atoms with Gasteiger partial charge in [-0.1, -0.05) is 12.1 Å². The molecule has 0 fully saturated rings. The molecule has 5 nitrogen and oxygen atoms in total. The van der Waals surface area contributed by atoms with Crippen molar-refractivity contribution in [1.82, 2.24) is 15.0 Å². The zero-order valence-electron chi connectivity index (χ0n) is 13.5. The van der Waals surface area contributed by atoms with Gasteiger partial charge in [0.15, 0.2) is 0 Å². The molecule has 0 amide bonds. The summed E-state index contributed by atoms with van der Waals surface area (Å²) in [5.74, 6) is 0.270. The second-order valence-corrected chi connectivity index (χ2v) is 5.27. The van der Waals surface area contributed by atoms with E-state index in [9.17, 15) is 4.39 Å². The largest absolute Gasteiger partial charge is 0.354 e. The van der Waals surface area contributed by atoms with E-state index in [1.807, 2.05) is 12.1 Å². The van der Waals surface area contributed by atoms with E-state index < -0.39 is 0 Å².